The lowest BCUT2D eigenvalue weighted by Crippen LogP contribution is -2.45. The number of halogens is 1. The number of amides is 1. The molecule has 0 aliphatic carbocycles. The minimum Gasteiger partial charge on any atom is -0.477 e. The highest BCUT2D eigenvalue weighted by Crippen LogP contribution is 2.45. The zero-order valence-corrected chi connectivity index (χ0v) is 21.9. The number of hydrogen-bond donors (Lipinski definition) is 1. The third-order valence-corrected chi connectivity index (χ3v) is 8.43. The highest BCUT2D eigenvalue weighted by atomic mass is 35.5. The van der Waals surface area contributed by atoms with E-state index in [1.165, 1.54) is 11.3 Å². The van der Waals surface area contributed by atoms with Crippen LogP contribution in [0.25, 0.3) is 32.6 Å². The third kappa shape index (κ3) is 4.66. The van der Waals surface area contributed by atoms with Crippen molar-refractivity contribution < 1.29 is 14.7 Å². The van der Waals surface area contributed by atoms with Crippen LogP contribution < -0.4 is 0 Å². The zero-order chi connectivity index (χ0) is 25.4. The van der Waals surface area contributed by atoms with Gasteiger partial charge >= 0.3 is 5.97 Å². The summed E-state index contributed by atoms with van der Waals surface area (Å²) in [6.07, 6.45) is 1.89. The van der Waals surface area contributed by atoms with E-state index in [-0.39, 0.29) is 23.4 Å². The molecule has 1 N–H and O–H groups in total. The van der Waals surface area contributed by atoms with Gasteiger partial charge in [0.25, 0.3) is 0 Å². The summed E-state index contributed by atoms with van der Waals surface area (Å²) in [7, 11) is 3.99. The lowest BCUT2D eigenvalue weighted by atomic mass is 10.0. The molecule has 3 heterocycles. The molecule has 1 fully saturated rings. The largest absolute Gasteiger partial charge is 0.477 e. The number of carboxylic acid groups (broad SMARTS) is 1. The molecule has 36 heavy (non-hydrogen) atoms. The normalized spacial score (nSPS) is 14.9. The Balaban J connectivity index is 1.66. The van der Waals surface area contributed by atoms with Crippen LogP contribution in [-0.2, 0) is 11.3 Å². The predicted molar refractivity (Wildman–Crippen MR) is 146 cm³/mol. The van der Waals surface area contributed by atoms with Crippen LogP contribution in [0.1, 0.15) is 22.5 Å². The Morgan fingerprint density at radius 3 is 2.36 bits per heavy atom. The van der Waals surface area contributed by atoms with Gasteiger partial charge in [0.1, 0.15) is 11.4 Å². The van der Waals surface area contributed by atoms with Gasteiger partial charge in [-0.3, -0.25) is 4.79 Å². The number of aromatic nitrogens is 1. The molecule has 0 unspecified atom stereocenters. The van der Waals surface area contributed by atoms with Crippen molar-refractivity contribution in [2.24, 2.45) is 0 Å². The van der Waals surface area contributed by atoms with Crippen molar-refractivity contribution in [3.05, 3.63) is 70.6 Å². The van der Waals surface area contributed by atoms with Gasteiger partial charge in [-0.2, -0.15) is 0 Å². The first-order valence-electron chi connectivity index (χ1n) is 12.0. The maximum atomic E-state index is 13.6. The van der Waals surface area contributed by atoms with E-state index in [1.807, 2.05) is 71.1 Å². The van der Waals surface area contributed by atoms with Crippen LogP contribution in [0.2, 0.25) is 5.02 Å². The summed E-state index contributed by atoms with van der Waals surface area (Å²) in [6, 6.07) is 19.4. The number of rotatable bonds is 6. The van der Waals surface area contributed by atoms with Crippen molar-refractivity contribution >= 4 is 45.0 Å². The fourth-order valence-electron chi connectivity index (χ4n) is 5.01. The van der Waals surface area contributed by atoms with Crippen molar-refractivity contribution in [1.82, 2.24) is 14.4 Å². The van der Waals surface area contributed by atoms with E-state index in [0.29, 0.717) is 5.02 Å². The number of likely N-dealkylation sites (N-methyl/N-ethyl adjacent to an activating group) is 1. The Labute approximate surface area is 219 Å². The number of likely N-dealkylation sites (tertiary alicyclic amines) is 1. The van der Waals surface area contributed by atoms with Crippen molar-refractivity contribution in [3.63, 3.8) is 0 Å². The SMILES string of the molecule is CN1CCC(N(C)C(=O)Cn2c(-c3ccc(Cl)cc3)c(-c3ccccc3)c3sc(C(=O)O)cc32)CC1. The van der Waals surface area contributed by atoms with Gasteiger partial charge < -0.3 is 19.5 Å². The summed E-state index contributed by atoms with van der Waals surface area (Å²) in [6.45, 7) is 2.06. The molecule has 0 bridgehead atoms. The molecule has 1 saturated heterocycles. The maximum absolute atomic E-state index is 13.6. The molecule has 6 nitrogen and oxygen atoms in total. The first kappa shape index (κ1) is 24.6. The molecule has 5 rings (SSSR count). The Hall–Kier alpha value is -3.13. The van der Waals surface area contributed by atoms with E-state index >= 15 is 0 Å². The first-order valence-corrected chi connectivity index (χ1v) is 13.2. The Morgan fingerprint density at radius 1 is 1.06 bits per heavy atom. The van der Waals surface area contributed by atoms with E-state index in [0.717, 1.165) is 58.5 Å². The molecule has 4 aromatic rings. The zero-order valence-electron chi connectivity index (χ0n) is 20.3. The Kier molecular flexibility index (Phi) is 6.88. The first-order chi connectivity index (χ1) is 17.3. The molecular formula is C28H28ClN3O3S. The van der Waals surface area contributed by atoms with Gasteiger partial charge in [0.05, 0.1) is 15.9 Å². The van der Waals surface area contributed by atoms with Crippen LogP contribution >= 0.6 is 22.9 Å². The molecule has 2 aromatic carbocycles. The number of carbonyl (C=O) groups is 2. The number of aromatic carboxylic acids is 1. The Bertz CT molecular complexity index is 1400. The number of carbonyl (C=O) groups excluding carboxylic acids is 1. The fourth-order valence-corrected chi connectivity index (χ4v) is 6.20. The number of nitrogens with zero attached hydrogens (tertiary/aromatic N) is 3. The minimum atomic E-state index is -0.968. The van der Waals surface area contributed by atoms with Gasteiger partial charge in [0.15, 0.2) is 0 Å². The molecule has 186 valence electrons. The van der Waals surface area contributed by atoms with Crippen molar-refractivity contribution in [2.75, 3.05) is 27.2 Å². The smallest absolute Gasteiger partial charge is 0.345 e. The monoisotopic (exact) mass is 521 g/mol. The second kappa shape index (κ2) is 10.1. The van der Waals surface area contributed by atoms with Gasteiger partial charge in [0.2, 0.25) is 5.91 Å². The quantitative estimate of drug-likeness (QED) is 0.341. The molecule has 1 aliphatic heterocycles. The molecule has 0 radical (unpaired) electrons. The third-order valence-electron chi connectivity index (χ3n) is 7.05. The number of thiophene rings is 1. The molecular weight excluding hydrogens is 494 g/mol. The molecule has 2 aromatic heterocycles. The summed E-state index contributed by atoms with van der Waals surface area (Å²) >= 11 is 7.44. The van der Waals surface area contributed by atoms with E-state index in [1.54, 1.807) is 6.07 Å². The second-order valence-electron chi connectivity index (χ2n) is 9.35. The molecule has 1 amide bonds. The molecule has 8 heteroatoms. The van der Waals surface area contributed by atoms with Gasteiger partial charge in [-0.15, -0.1) is 11.3 Å². The summed E-state index contributed by atoms with van der Waals surface area (Å²) in [5.41, 5.74) is 4.47. The van der Waals surface area contributed by atoms with Gasteiger partial charge in [0, 0.05) is 23.7 Å². The van der Waals surface area contributed by atoms with Gasteiger partial charge in [-0.25, -0.2) is 4.79 Å². The molecule has 0 atom stereocenters. The minimum absolute atomic E-state index is 0.0133. The summed E-state index contributed by atoms with van der Waals surface area (Å²) in [5.74, 6) is -0.955. The number of carboxylic acids is 1. The fraction of sp³-hybridized carbons (Fsp3) is 0.286. The average molecular weight is 522 g/mol. The second-order valence-corrected chi connectivity index (χ2v) is 10.8. The number of fused-ring (bicyclic) bond motifs is 1. The topological polar surface area (TPSA) is 65.8 Å². The summed E-state index contributed by atoms with van der Waals surface area (Å²) in [4.78, 5) is 29.9. The number of piperidine rings is 1. The summed E-state index contributed by atoms with van der Waals surface area (Å²) < 4.78 is 2.84. The van der Waals surface area contributed by atoms with Gasteiger partial charge in [-0.05, 0) is 62.3 Å². The van der Waals surface area contributed by atoms with Crippen LogP contribution in [0, 0.1) is 0 Å². The summed E-state index contributed by atoms with van der Waals surface area (Å²) in [5, 5.41) is 10.4. The van der Waals surface area contributed by atoms with E-state index in [9.17, 15) is 14.7 Å². The van der Waals surface area contributed by atoms with E-state index in [4.69, 9.17) is 11.6 Å². The van der Waals surface area contributed by atoms with Crippen LogP contribution in [0.4, 0.5) is 0 Å². The number of benzene rings is 2. The van der Waals surface area contributed by atoms with Crippen LogP contribution in [-0.4, -0.2) is 64.6 Å². The van der Waals surface area contributed by atoms with Crippen LogP contribution in [0.3, 0.4) is 0 Å². The van der Waals surface area contributed by atoms with E-state index in [2.05, 4.69) is 11.9 Å². The molecule has 0 spiro atoms. The lowest BCUT2D eigenvalue weighted by molar-refractivity contribution is -0.133. The standard InChI is InChI=1S/C28H28ClN3O3S/c1-30-14-12-21(13-15-30)31(2)24(33)17-32-22-16-23(28(34)35)36-27(22)25(18-6-4-3-5-7-18)26(32)19-8-10-20(29)11-9-19/h3-11,16,21H,12-15,17H2,1-2H3,(H,34,35). The average Bonchev–Trinajstić information content (AvgIpc) is 3.43. The van der Waals surface area contributed by atoms with Crippen molar-refractivity contribution in [3.8, 4) is 22.4 Å². The molecule has 1 aliphatic rings. The highest BCUT2D eigenvalue weighted by Gasteiger charge is 2.28. The van der Waals surface area contributed by atoms with E-state index < -0.39 is 5.97 Å². The van der Waals surface area contributed by atoms with Crippen molar-refractivity contribution in [1.29, 1.82) is 0 Å². The lowest BCUT2D eigenvalue weighted by Gasteiger charge is -2.35. The predicted octanol–water partition coefficient (Wildman–Crippen LogP) is 5.94. The van der Waals surface area contributed by atoms with Crippen LogP contribution in [0.15, 0.2) is 60.7 Å². The molecule has 0 saturated carbocycles. The van der Waals surface area contributed by atoms with Crippen molar-refractivity contribution in [2.45, 2.75) is 25.4 Å². The van der Waals surface area contributed by atoms with Crippen LogP contribution in [0.5, 0.6) is 0 Å². The van der Waals surface area contributed by atoms with Gasteiger partial charge in [-0.1, -0.05) is 54.1 Å². The Morgan fingerprint density at radius 2 is 1.72 bits per heavy atom. The highest BCUT2D eigenvalue weighted by molar-refractivity contribution is 7.21. The number of hydrogen-bond acceptors (Lipinski definition) is 4. The maximum Gasteiger partial charge on any atom is 0.345 e.